The Morgan fingerprint density at radius 1 is 1.23 bits per heavy atom. The molecule has 132 valence electrons. The molecule has 0 fully saturated rings. The Balaban J connectivity index is 1.81. The summed E-state index contributed by atoms with van der Waals surface area (Å²) in [7, 11) is 3.22. The molecule has 0 saturated carbocycles. The van der Waals surface area contributed by atoms with Crippen molar-refractivity contribution in [1.82, 2.24) is 10.3 Å². The van der Waals surface area contributed by atoms with Gasteiger partial charge in [0.1, 0.15) is 11.5 Å². The zero-order valence-electron chi connectivity index (χ0n) is 14.5. The normalized spacial score (nSPS) is 12.4. The number of nitrogens with one attached hydrogen (secondary N) is 1. The highest BCUT2D eigenvalue weighted by Crippen LogP contribution is 2.44. The van der Waals surface area contributed by atoms with E-state index in [9.17, 15) is 4.79 Å². The quantitative estimate of drug-likeness (QED) is 0.782. The third-order valence-corrected chi connectivity index (χ3v) is 4.38. The van der Waals surface area contributed by atoms with E-state index in [1.807, 2.05) is 18.2 Å². The summed E-state index contributed by atoms with van der Waals surface area (Å²) < 4.78 is 17.3. The maximum atomic E-state index is 11.8. The second kappa shape index (κ2) is 6.55. The number of carbonyl (C=O) groups excluding carboxylic acids is 1. The van der Waals surface area contributed by atoms with Crippen LogP contribution in [0.5, 0.6) is 23.0 Å². The lowest BCUT2D eigenvalue weighted by Crippen LogP contribution is -2.17. The molecule has 2 aromatic carbocycles. The first-order valence-corrected chi connectivity index (χ1v) is 8.32. The lowest BCUT2D eigenvalue weighted by molar-refractivity contribution is 0.0963. The van der Waals surface area contributed by atoms with E-state index in [-0.39, 0.29) is 5.91 Å². The molecular formula is C20H18N2O4. The van der Waals surface area contributed by atoms with Gasteiger partial charge in [0.2, 0.25) is 0 Å². The van der Waals surface area contributed by atoms with Crippen LogP contribution in [0.4, 0.5) is 0 Å². The fourth-order valence-corrected chi connectivity index (χ4v) is 3.18. The molecule has 1 aliphatic heterocycles. The van der Waals surface area contributed by atoms with Gasteiger partial charge in [-0.3, -0.25) is 9.78 Å². The van der Waals surface area contributed by atoms with Crippen molar-refractivity contribution in [3.63, 3.8) is 0 Å². The van der Waals surface area contributed by atoms with Crippen LogP contribution in [0.3, 0.4) is 0 Å². The van der Waals surface area contributed by atoms with Gasteiger partial charge in [0.15, 0.2) is 11.5 Å². The molecule has 0 aliphatic carbocycles. The van der Waals surface area contributed by atoms with Crippen LogP contribution in [-0.2, 0) is 6.42 Å². The number of ether oxygens (including phenoxy) is 3. The van der Waals surface area contributed by atoms with Gasteiger partial charge in [0.25, 0.3) is 5.91 Å². The summed E-state index contributed by atoms with van der Waals surface area (Å²) >= 11 is 0. The van der Waals surface area contributed by atoms with Gasteiger partial charge in [-0.25, -0.2) is 0 Å². The number of fused-ring (bicyclic) bond motifs is 3. The lowest BCUT2D eigenvalue weighted by atomic mass is 10.0. The van der Waals surface area contributed by atoms with Crippen molar-refractivity contribution in [2.75, 3.05) is 20.8 Å². The molecule has 26 heavy (non-hydrogen) atoms. The molecule has 2 heterocycles. The van der Waals surface area contributed by atoms with Crippen LogP contribution in [0.1, 0.15) is 15.9 Å². The molecule has 0 atom stereocenters. The molecule has 0 saturated heterocycles. The van der Waals surface area contributed by atoms with Gasteiger partial charge in [-0.1, -0.05) is 6.07 Å². The molecule has 1 N–H and O–H groups in total. The molecule has 0 spiro atoms. The van der Waals surface area contributed by atoms with Crippen molar-refractivity contribution in [1.29, 1.82) is 0 Å². The first-order chi connectivity index (χ1) is 12.7. The Labute approximate surface area is 150 Å². The molecule has 6 nitrogen and oxygen atoms in total. The number of hydrogen-bond donors (Lipinski definition) is 1. The minimum absolute atomic E-state index is 0.158. The third-order valence-electron chi connectivity index (χ3n) is 4.38. The van der Waals surface area contributed by atoms with Gasteiger partial charge < -0.3 is 19.5 Å². The van der Waals surface area contributed by atoms with Crippen molar-refractivity contribution < 1.29 is 19.0 Å². The van der Waals surface area contributed by atoms with Gasteiger partial charge in [-0.2, -0.15) is 0 Å². The number of amides is 1. The summed E-state index contributed by atoms with van der Waals surface area (Å²) in [5.74, 6) is 2.53. The lowest BCUT2D eigenvalue weighted by Gasteiger charge is -2.14. The number of nitrogens with zero attached hydrogens (tertiary/aromatic N) is 1. The summed E-state index contributed by atoms with van der Waals surface area (Å²) in [6.07, 6.45) is 2.46. The summed E-state index contributed by atoms with van der Waals surface area (Å²) in [6, 6.07) is 10.7. The van der Waals surface area contributed by atoms with E-state index in [4.69, 9.17) is 14.2 Å². The van der Waals surface area contributed by atoms with E-state index in [1.165, 1.54) is 0 Å². The first-order valence-electron chi connectivity index (χ1n) is 8.32. The highest BCUT2D eigenvalue weighted by Gasteiger charge is 2.23. The van der Waals surface area contributed by atoms with Crippen molar-refractivity contribution in [3.05, 3.63) is 53.7 Å². The van der Waals surface area contributed by atoms with Gasteiger partial charge in [-0.15, -0.1) is 0 Å². The van der Waals surface area contributed by atoms with Crippen LogP contribution in [0, 0.1) is 0 Å². The number of pyridine rings is 1. The number of methoxy groups -OCH3 is 1. The van der Waals surface area contributed by atoms with E-state index in [1.54, 1.807) is 38.6 Å². The molecule has 1 aliphatic rings. The first kappa shape index (κ1) is 16.2. The summed E-state index contributed by atoms with van der Waals surface area (Å²) in [5, 5.41) is 3.52. The minimum atomic E-state index is -0.158. The average molecular weight is 350 g/mol. The second-order valence-corrected chi connectivity index (χ2v) is 5.90. The van der Waals surface area contributed by atoms with Crippen LogP contribution in [0.25, 0.3) is 10.9 Å². The van der Waals surface area contributed by atoms with E-state index >= 15 is 0 Å². The maximum Gasteiger partial charge on any atom is 0.251 e. The van der Waals surface area contributed by atoms with Crippen LogP contribution >= 0.6 is 0 Å². The third kappa shape index (κ3) is 2.69. The van der Waals surface area contributed by atoms with E-state index in [2.05, 4.69) is 10.3 Å². The number of benzene rings is 2. The Kier molecular flexibility index (Phi) is 4.08. The molecule has 4 rings (SSSR count). The smallest absolute Gasteiger partial charge is 0.251 e. The summed E-state index contributed by atoms with van der Waals surface area (Å²) in [6.45, 7) is 0.602. The molecule has 0 radical (unpaired) electrons. The standard InChI is InChI=1S/C20H18N2O4/c1-21-20(23)12-4-3-5-13(10-12)26-16-6-8-22-15-11-17(24-2)19-14(18(15)16)7-9-25-19/h3-6,8,10-11H,7,9H2,1-2H3,(H,21,23). The molecule has 1 amide bonds. The molecule has 6 heteroatoms. The van der Waals surface area contributed by atoms with Crippen LogP contribution in [-0.4, -0.2) is 31.7 Å². The molecule has 0 unspecified atom stereocenters. The molecule has 0 bridgehead atoms. The maximum absolute atomic E-state index is 11.8. The largest absolute Gasteiger partial charge is 0.493 e. The summed E-state index contributed by atoms with van der Waals surface area (Å²) in [4.78, 5) is 16.3. The Morgan fingerprint density at radius 2 is 2.12 bits per heavy atom. The predicted octanol–water partition coefficient (Wildman–Crippen LogP) is 3.33. The second-order valence-electron chi connectivity index (χ2n) is 5.90. The number of rotatable bonds is 4. The minimum Gasteiger partial charge on any atom is -0.493 e. The predicted molar refractivity (Wildman–Crippen MR) is 97.4 cm³/mol. The average Bonchev–Trinajstić information content (AvgIpc) is 3.16. The Hall–Kier alpha value is -3.28. The number of carbonyl (C=O) groups is 1. The highest BCUT2D eigenvalue weighted by atomic mass is 16.5. The SMILES string of the molecule is CNC(=O)c1cccc(Oc2ccnc3cc(OC)c4c(c23)CCO4)c1. The van der Waals surface area contributed by atoms with Crippen molar-refractivity contribution in [3.8, 4) is 23.0 Å². The van der Waals surface area contributed by atoms with E-state index in [0.29, 0.717) is 29.4 Å². The van der Waals surface area contributed by atoms with Gasteiger partial charge in [0.05, 0.1) is 24.6 Å². The zero-order valence-corrected chi connectivity index (χ0v) is 14.5. The monoisotopic (exact) mass is 350 g/mol. The molecule has 1 aromatic heterocycles. The van der Waals surface area contributed by atoms with Crippen LogP contribution < -0.4 is 19.5 Å². The van der Waals surface area contributed by atoms with Crippen molar-refractivity contribution >= 4 is 16.8 Å². The fourth-order valence-electron chi connectivity index (χ4n) is 3.18. The summed E-state index contributed by atoms with van der Waals surface area (Å²) in [5.41, 5.74) is 2.36. The Morgan fingerprint density at radius 3 is 2.92 bits per heavy atom. The van der Waals surface area contributed by atoms with E-state index in [0.717, 1.165) is 28.6 Å². The molecular weight excluding hydrogens is 332 g/mol. The number of hydrogen-bond acceptors (Lipinski definition) is 5. The van der Waals surface area contributed by atoms with E-state index < -0.39 is 0 Å². The zero-order chi connectivity index (χ0) is 18.1. The van der Waals surface area contributed by atoms with Gasteiger partial charge in [0, 0.05) is 36.9 Å². The van der Waals surface area contributed by atoms with Crippen LogP contribution in [0.15, 0.2) is 42.6 Å². The topological polar surface area (TPSA) is 69.7 Å². The van der Waals surface area contributed by atoms with Crippen molar-refractivity contribution in [2.24, 2.45) is 0 Å². The van der Waals surface area contributed by atoms with Gasteiger partial charge >= 0.3 is 0 Å². The molecule has 3 aromatic rings. The highest BCUT2D eigenvalue weighted by molar-refractivity contribution is 5.95. The number of aromatic nitrogens is 1. The Bertz CT molecular complexity index is 1000. The van der Waals surface area contributed by atoms with Crippen molar-refractivity contribution in [2.45, 2.75) is 6.42 Å². The van der Waals surface area contributed by atoms with Gasteiger partial charge in [-0.05, 0) is 24.3 Å². The fraction of sp³-hybridized carbons (Fsp3) is 0.200. The van der Waals surface area contributed by atoms with Crippen LogP contribution in [0.2, 0.25) is 0 Å².